The van der Waals surface area contributed by atoms with Crippen LogP contribution in [0.2, 0.25) is 0 Å². The van der Waals surface area contributed by atoms with E-state index in [1.165, 1.54) is 35.1 Å². The van der Waals surface area contributed by atoms with Gasteiger partial charge in [0.05, 0.1) is 12.2 Å². The molecule has 0 atom stereocenters. The summed E-state index contributed by atoms with van der Waals surface area (Å²) in [7, 11) is -2.20. The second-order valence-electron chi connectivity index (χ2n) is 6.55. The quantitative estimate of drug-likeness (QED) is 0.448. The smallest absolute Gasteiger partial charge is 0.338 e. The maximum Gasteiger partial charge on any atom is 0.338 e. The van der Waals surface area contributed by atoms with Gasteiger partial charge in [0.2, 0.25) is 0 Å². The standard InChI is InChI=1S/C21H23N3O4S/c1-3-4-14-28-21(25)17-10-12-18(13-11-17)23-29(26,27)19-15-24(2)22-20(19)16-8-6-5-7-9-16/h5-13,15,23H,3-4,14H2,1-2H3. The molecule has 29 heavy (non-hydrogen) atoms. The molecule has 8 heteroatoms. The molecule has 0 aliphatic rings. The molecule has 0 saturated heterocycles. The van der Waals surface area contributed by atoms with Crippen LogP contribution in [0, 0.1) is 0 Å². The zero-order valence-electron chi connectivity index (χ0n) is 16.3. The number of aromatic nitrogens is 2. The number of benzene rings is 2. The van der Waals surface area contributed by atoms with Crippen LogP contribution in [0.4, 0.5) is 5.69 Å². The Balaban J connectivity index is 1.79. The summed E-state index contributed by atoms with van der Waals surface area (Å²) in [5, 5.41) is 4.30. The zero-order valence-corrected chi connectivity index (χ0v) is 17.1. The number of aryl methyl sites for hydroxylation is 1. The average molecular weight is 413 g/mol. The van der Waals surface area contributed by atoms with E-state index in [9.17, 15) is 13.2 Å². The number of carbonyl (C=O) groups is 1. The van der Waals surface area contributed by atoms with Crippen molar-refractivity contribution in [3.63, 3.8) is 0 Å². The lowest BCUT2D eigenvalue weighted by Gasteiger charge is -2.09. The fourth-order valence-corrected chi connectivity index (χ4v) is 4.00. The van der Waals surface area contributed by atoms with Crippen molar-refractivity contribution in [2.45, 2.75) is 24.7 Å². The minimum Gasteiger partial charge on any atom is -0.462 e. The van der Waals surface area contributed by atoms with Crippen molar-refractivity contribution in [1.29, 1.82) is 0 Å². The van der Waals surface area contributed by atoms with Crippen LogP contribution in [0.15, 0.2) is 65.7 Å². The van der Waals surface area contributed by atoms with E-state index < -0.39 is 16.0 Å². The molecule has 2 aromatic carbocycles. The van der Waals surface area contributed by atoms with Gasteiger partial charge < -0.3 is 4.74 Å². The molecule has 0 radical (unpaired) electrons. The summed E-state index contributed by atoms with van der Waals surface area (Å²) in [5.41, 5.74) is 1.80. The monoisotopic (exact) mass is 413 g/mol. The van der Waals surface area contributed by atoms with Crippen molar-refractivity contribution in [3.8, 4) is 11.3 Å². The summed E-state index contributed by atoms with van der Waals surface area (Å²) in [6.07, 6.45) is 3.20. The lowest BCUT2D eigenvalue weighted by Crippen LogP contribution is -2.13. The number of hydrogen-bond acceptors (Lipinski definition) is 5. The molecule has 7 nitrogen and oxygen atoms in total. The van der Waals surface area contributed by atoms with Gasteiger partial charge in [-0.3, -0.25) is 9.40 Å². The Hall–Kier alpha value is -3.13. The van der Waals surface area contributed by atoms with Crippen LogP contribution in [-0.2, 0) is 21.8 Å². The fraction of sp³-hybridized carbons (Fsp3) is 0.238. The lowest BCUT2D eigenvalue weighted by atomic mass is 10.2. The van der Waals surface area contributed by atoms with E-state index in [1.54, 1.807) is 19.2 Å². The Bertz CT molecular complexity index is 1070. The number of hydrogen-bond donors (Lipinski definition) is 1. The van der Waals surface area contributed by atoms with E-state index in [4.69, 9.17) is 4.74 Å². The minimum atomic E-state index is -3.87. The number of rotatable bonds is 8. The van der Waals surface area contributed by atoms with Crippen LogP contribution in [0.3, 0.4) is 0 Å². The van der Waals surface area contributed by atoms with Crippen LogP contribution in [0.1, 0.15) is 30.1 Å². The third-order valence-corrected chi connectivity index (χ3v) is 5.62. The molecular weight excluding hydrogens is 390 g/mol. The number of unbranched alkanes of at least 4 members (excludes halogenated alkanes) is 1. The first-order chi connectivity index (χ1) is 13.9. The molecule has 0 unspecified atom stereocenters. The van der Waals surface area contributed by atoms with Crippen LogP contribution < -0.4 is 4.72 Å². The molecule has 3 aromatic rings. The van der Waals surface area contributed by atoms with E-state index in [2.05, 4.69) is 9.82 Å². The number of anilines is 1. The summed E-state index contributed by atoms with van der Waals surface area (Å²) in [5.74, 6) is -0.425. The van der Waals surface area contributed by atoms with Gasteiger partial charge in [0, 0.05) is 24.5 Å². The van der Waals surface area contributed by atoms with Crippen molar-refractivity contribution in [1.82, 2.24) is 9.78 Å². The minimum absolute atomic E-state index is 0.0780. The molecular formula is C21H23N3O4S. The first-order valence-electron chi connectivity index (χ1n) is 9.30. The normalized spacial score (nSPS) is 11.2. The lowest BCUT2D eigenvalue weighted by molar-refractivity contribution is 0.0500. The van der Waals surface area contributed by atoms with Gasteiger partial charge in [0.15, 0.2) is 0 Å². The van der Waals surface area contributed by atoms with Gasteiger partial charge in [0.1, 0.15) is 10.6 Å². The summed E-state index contributed by atoms with van der Waals surface area (Å²) < 4.78 is 35.1. The summed E-state index contributed by atoms with van der Waals surface area (Å²) >= 11 is 0. The predicted octanol–water partition coefficient (Wildman–Crippen LogP) is 3.84. The third-order valence-electron chi connectivity index (χ3n) is 4.24. The van der Waals surface area contributed by atoms with Crippen LogP contribution in [-0.4, -0.2) is 30.8 Å². The van der Waals surface area contributed by atoms with Crippen LogP contribution in [0.5, 0.6) is 0 Å². The Morgan fingerprint density at radius 3 is 2.45 bits per heavy atom. The molecule has 152 valence electrons. The highest BCUT2D eigenvalue weighted by Gasteiger charge is 2.23. The van der Waals surface area contributed by atoms with Crippen LogP contribution in [0.25, 0.3) is 11.3 Å². The molecule has 0 amide bonds. The largest absolute Gasteiger partial charge is 0.462 e. The molecule has 3 rings (SSSR count). The van der Waals surface area contributed by atoms with Gasteiger partial charge in [-0.1, -0.05) is 43.7 Å². The Kier molecular flexibility index (Phi) is 6.33. The van der Waals surface area contributed by atoms with Gasteiger partial charge >= 0.3 is 5.97 Å². The highest BCUT2D eigenvalue weighted by molar-refractivity contribution is 7.92. The van der Waals surface area contributed by atoms with Gasteiger partial charge in [-0.2, -0.15) is 5.10 Å². The number of nitrogens with one attached hydrogen (secondary N) is 1. The number of carbonyl (C=O) groups excluding carboxylic acids is 1. The van der Waals surface area contributed by atoms with E-state index >= 15 is 0 Å². The number of esters is 1. The summed E-state index contributed by atoms with van der Waals surface area (Å²) in [6, 6.07) is 15.3. The number of sulfonamides is 1. The van der Waals surface area contributed by atoms with Gasteiger partial charge in [0.25, 0.3) is 10.0 Å². The van der Waals surface area contributed by atoms with E-state index in [1.807, 2.05) is 25.1 Å². The van der Waals surface area contributed by atoms with Crippen LogP contribution >= 0.6 is 0 Å². The SMILES string of the molecule is CCCCOC(=O)c1ccc(NS(=O)(=O)c2cn(C)nc2-c2ccccc2)cc1. The fourth-order valence-electron chi connectivity index (χ4n) is 2.74. The maximum atomic E-state index is 12.9. The van der Waals surface area contributed by atoms with E-state index in [0.29, 0.717) is 29.1 Å². The van der Waals surface area contributed by atoms with Gasteiger partial charge in [-0.05, 0) is 30.7 Å². The van der Waals surface area contributed by atoms with Crippen molar-refractivity contribution < 1.29 is 17.9 Å². The molecule has 0 saturated carbocycles. The third kappa shape index (κ3) is 5.03. The second-order valence-corrected chi connectivity index (χ2v) is 8.20. The molecule has 1 N–H and O–H groups in total. The zero-order chi connectivity index (χ0) is 20.9. The first-order valence-corrected chi connectivity index (χ1v) is 10.8. The topological polar surface area (TPSA) is 90.3 Å². The second kappa shape index (κ2) is 8.91. The van der Waals surface area contributed by atoms with Gasteiger partial charge in [-0.25, -0.2) is 13.2 Å². The Morgan fingerprint density at radius 1 is 1.10 bits per heavy atom. The first kappa shape index (κ1) is 20.6. The Morgan fingerprint density at radius 2 is 1.79 bits per heavy atom. The molecule has 0 spiro atoms. The van der Waals surface area contributed by atoms with E-state index in [-0.39, 0.29) is 4.90 Å². The average Bonchev–Trinajstić information content (AvgIpc) is 3.12. The highest BCUT2D eigenvalue weighted by Crippen LogP contribution is 2.27. The molecule has 0 aliphatic heterocycles. The summed E-state index contributed by atoms with van der Waals surface area (Å²) in [4.78, 5) is 12.0. The van der Waals surface area contributed by atoms with Crippen molar-refractivity contribution in [2.24, 2.45) is 7.05 Å². The molecule has 1 aromatic heterocycles. The van der Waals surface area contributed by atoms with Crippen molar-refractivity contribution in [2.75, 3.05) is 11.3 Å². The molecule has 1 heterocycles. The highest BCUT2D eigenvalue weighted by atomic mass is 32.2. The summed E-state index contributed by atoms with van der Waals surface area (Å²) in [6.45, 7) is 2.38. The number of nitrogens with zero attached hydrogens (tertiary/aromatic N) is 2. The van der Waals surface area contributed by atoms with E-state index in [0.717, 1.165) is 12.8 Å². The molecule has 0 bridgehead atoms. The predicted molar refractivity (Wildman–Crippen MR) is 111 cm³/mol. The van der Waals surface area contributed by atoms with Crippen molar-refractivity contribution in [3.05, 3.63) is 66.4 Å². The molecule has 0 aliphatic carbocycles. The molecule has 0 fully saturated rings. The number of ether oxygens (including phenoxy) is 1. The van der Waals surface area contributed by atoms with Crippen molar-refractivity contribution >= 4 is 21.7 Å². The van der Waals surface area contributed by atoms with Gasteiger partial charge in [-0.15, -0.1) is 0 Å². The maximum absolute atomic E-state index is 12.9. The Labute approximate surface area is 170 Å².